The van der Waals surface area contributed by atoms with Crippen LogP contribution in [0, 0.1) is 5.41 Å². The molecule has 1 saturated heterocycles. The molecule has 0 spiro atoms. The molecule has 1 heterocycles. The van der Waals surface area contributed by atoms with Gasteiger partial charge in [0.2, 0.25) is 0 Å². The van der Waals surface area contributed by atoms with Crippen LogP contribution in [0.1, 0.15) is 13.8 Å². The van der Waals surface area contributed by atoms with Gasteiger partial charge in [0.05, 0.1) is 17.6 Å². The Balaban J connectivity index is 2.31. The van der Waals surface area contributed by atoms with Gasteiger partial charge < -0.3 is 0 Å². The highest BCUT2D eigenvalue weighted by Crippen LogP contribution is 2.30. The van der Waals surface area contributed by atoms with Crippen LogP contribution in [0.25, 0.3) is 0 Å². The lowest BCUT2D eigenvalue weighted by atomic mass is 9.94. The number of carbonyl (C=O) groups is 1. The SMILES string of the molecule is CC1(C)CN(c2ccccc2)N(N)C1=O. The van der Waals surface area contributed by atoms with E-state index in [4.69, 9.17) is 5.84 Å². The molecule has 4 nitrogen and oxygen atoms in total. The molecule has 2 rings (SSSR count). The second kappa shape index (κ2) is 3.24. The van der Waals surface area contributed by atoms with Gasteiger partial charge in [-0.1, -0.05) is 18.2 Å². The number of nitrogens with zero attached hydrogens (tertiary/aromatic N) is 2. The van der Waals surface area contributed by atoms with E-state index in [1.165, 1.54) is 5.12 Å². The number of hydrazine groups is 2. The topological polar surface area (TPSA) is 49.6 Å². The predicted octanol–water partition coefficient (Wildman–Crippen LogP) is 1.15. The van der Waals surface area contributed by atoms with Gasteiger partial charge in [-0.05, 0) is 26.0 Å². The van der Waals surface area contributed by atoms with Gasteiger partial charge in [-0.15, -0.1) is 0 Å². The van der Waals surface area contributed by atoms with Crippen molar-refractivity contribution in [3.05, 3.63) is 30.3 Å². The number of rotatable bonds is 1. The van der Waals surface area contributed by atoms with E-state index < -0.39 is 5.41 Å². The van der Waals surface area contributed by atoms with Crippen LogP contribution in [0.5, 0.6) is 0 Å². The first-order valence-electron chi connectivity index (χ1n) is 4.94. The Kier molecular flexibility index (Phi) is 2.16. The molecule has 0 atom stereocenters. The van der Waals surface area contributed by atoms with Crippen molar-refractivity contribution in [2.75, 3.05) is 11.6 Å². The maximum absolute atomic E-state index is 11.8. The smallest absolute Gasteiger partial charge is 0.263 e. The van der Waals surface area contributed by atoms with E-state index >= 15 is 0 Å². The number of hydrogen-bond donors (Lipinski definition) is 1. The fourth-order valence-corrected chi connectivity index (χ4v) is 1.75. The molecule has 15 heavy (non-hydrogen) atoms. The summed E-state index contributed by atoms with van der Waals surface area (Å²) in [5.74, 6) is 5.69. The lowest BCUT2D eigenvalue weighted by Gasteiger charge is -2.24. The van der Waals surface area contributed by atoms with Gasteiger partial charge in [0.25, 0.3) is 5.91 Å². The Bertz CT molecular complexity index is 375. The van der Waals surface area contributed by atoms with Crippen LogP contribution < -0.4 is 10.9 Å². The lowest BCUT2D eigenvalue weighted by molar-refractivity contribution is -0.134. The van der Waals surface area contributed by atoms with Crippen molar-refractivity contribution in [3.8, 4) is 0 Å². The van der Waals surface area contributed by atoms with E-state index in [-0.39, 0.29) is 5.91 Å². The monoisotopic (exact) mass is 205 g/mol. The van der Waals surface area contributed by atoms with Crippen LogP contribution in [0.3, 0.4) is 0 Å². The van der Waals surface area contributed by atoms with Crippen molar-refractivity contribution in [2.45, 2.75) is 13.8 Å². The highest BCUT2D eigenvalue weighted by atomic mass is 16.2. The van der Waals surface area contributed by atoms with Gasteiger partial charge in [0.15, 0.2) is 0 Å². The number of carbonyl (C=O) groups excluding carboxylic acids is 1. The molecular formula is C11H15N3O. The van der Waals surface area contributed by atoms with Crippen LogP contribution in [-0.2, 0) is 4.79 Å². The van der Waals surface area contributed by atoms with Crippen LogP contribution in [-0.4, -0.2) is 17.6 Å². The van der Waals surface area contributed by atoms with Gasteiger partial charge in [0.1, 0.15) is 0 Å². The first-order valence-corrected chi connectivity index (χ1v) is 4.94. The Labute approximate surface area is 89.2 Å². The molecule has 4 heteroatoms. The molecule has 0 aromatic heterocycles. The van der Waals surface area contributed by atoms with Crippen molar-refractivity contribution >= 4 is 11.6 Å². The standard InChI is InChI=1S/C11H15N3O/c1-11(2)8-13(14(12)10(11)15)9-6-4-3-5-7-9/h3-7H,8,12H2,1-2H3. The number of benzene rings is 1. The average molecular weight is 205 g/mol. The van der Waals surface area contributed by atoms with E-state index in [1.54, 1.807) is 5.01 Å². The molecule has 0 bridgehead atoms. The van der Waals surface area contributed by atoms with Crippen LogP contribution in [0.2, 0.25) is 0 Å². The fraction of sp³-hybridized carbons (Fsp3) is 0.364. The molecule has 0 unspecified atom stereocenters. The van der Waals surface area contributed by atoms with Crippen LogP contribution in [0.4, 0.5) is 5.69 Å². The summed E-state index contributed by atoms with van der Waals surface area (Å²) in [5.41, 5.74) is 0.531. The molecule has 2 N–H and O–H groups in total. The summed E-state index contributed by atoms with van der Waals surface area (Å²) in [6.07, 6.45) is 0. The zero-order valence-corrected chi connectivity index (χ0v) is 8.97. The van der Waals surface area contributed by atoms with E-state index in [0.717, 1.165) is 5.69 Å². The molecule has 0 saturated carbocycles. The summed E-state index contributed by atoms with van der Waals surface area (Å²) in [6.45, 7) is 4.42. The summed E-state index contributed by atoms with van der Waals surface area (Å²) < 4.78 is 0. The normalized spacial score (nSPS) is 19.8. The minimum absolute atomic E-state index is 0.0497. The minimum Gasteiger partial charge on any atom is -0.271 e. The Hall–Kier alpha value is -1.55. The zero-order valence-electron chi connectivity index (χ0n) is 8.97. The fourth-order valence-electron chi connectivity index (χ4n) is 1.75. The second-order valence-electron chi connectivity index (χ2n) is 4.43. The van der Waals surface area contributed by atoms with Gasteiger partial charge in [-0.25, -0.2) is 5.84 Å². The number of hydrogen-bond acceptors (Lipinski definition) is 3. The molecule has 1 aliphatic rings. The van der Waals surface area contributed by atoms with Gasteiger partial charge >= 0.3 is 0 Å². The van der Waals surface area contributed by atoms with E-state index in [2.05, 4.69) is 0 Å². The summed E-state index contributed by atoms with van der Waals surface area (Å²) in [7, 11) is 0. The summed E-state index contributed by atoms with van der Waals surface area (Å²) in [4.78, 5) is 11.8. The largest absolute Gasteiger partial charge is 0.271 e. The van der Waals surface area contributed by atoms with Gasteiger partial charge in [-0.2, -0.15) is 5.12 Å². The highest BCUT2D eigenvalue weighted by molar-refractivity contribution is 5.86. The molecule has 1 amide bonds. The third-order valence-electron chi connectivity index (χ3n) is 2.65. The van der Waals surface area contributed by atoms with Crippen molar-refractivity contribution in [1.82, 2.24) is 5.12 Å². The van der Waals surface area contributed by atoms with Crippen LogP contribution >= 0.6 is 0 Å². The Morgan fingerprint density at radius 2 is 1.87 bits per heavy atom. The Morgan fingerprint density at radius 1 is 1.27 bits per heavy atom. The van der Waals surface area contributed by atoms with Crippen molar-refractivity contribution in [2.24, 2.45) is 11.3 Å². The zero-order chi connectivity index (χ0) is 11.1. The molecular weight excluding hydrogens is 190 g/mol. The molecule has 1 aromatic rings. The second-order valence-corrected chi connectivity index (χ2v) is 4.43. The number of nitrogens with two attached hydrogens (primary N) is 1. The molecule has 80 valence electrons. The lowest BCUT2D eigenvalue weighted by Crippen LogP contribution is -2.45. The first-order chi connectivity index (χ1) is 7.02. The molecule has 1 aliphatic heterocycles. The predicted molar refractivity (Wildman–Crippen MR) is 58.6 cm³/mol. The third kappa shape index (κ3) is 1.57. The van der Waals surface area contributed by atoms with Gasteiger partial charge in [-0.3, -0.25) is 9.80 Å². The number of para-hydroxylation sites is 1. The van der Waals surface area contributed by atoms with Crippen molar-refractivity contribution in [3.63, 3.8) is 0 Å². The summed E-state index contributed by atoms with van der Waals surface area (Å²) in [6, 6.07) is 9.68. The van der Waals surface area contributed by atoms with E-state index in [1.807, 2.05) is 44.2 Å². The van der Waals surface area contributed by atoms with E-state index in [0.29, 0.717) is 6.54 Å². The molecule has 1 fully saturated rings. The number of amides is 1. The Morgan fingerprint density at radius 3 is 2.33 bits per heavy atom. The summed E-state index contributed by atoms with van der Waals surface area (Å²) >= 11 is 0. The van der Waals surface area contributed by atoms with Crippen molar-refractivity contribution < 1.29 is 4.79 Å². The number of anilines is 1. The first kappa shape index (κ1) is 9.98. The third-order valence-corrected chi connectivity index (χ3v) is 2.65. The summed E-state index contributed by atoms with van der Waals surface area (Å²) in [5, 5.41) is 3.00. The average Bonchev–Trinajstić information content (AvgIpc) is 2.44. The maximum atomic E-state index is 11.8. The van der Waals surface area contributed by atoms with Crippen LogP contribution in [0.15, 0.2) is 30.3 Å². The quantitative estimate of drug-likeness (QED) is 0.552. The minimum atomic E-state index is -0.412. The molecule has 0 aliphatic carbocycles. The van der Waals surface area contributed by atoms with E-state index in [9.17, 15) is 4.79 Å². The van der Waals surface area contributed by atoms with Crippen molar-refractivity contribution in [1.29, 1.82) is 0 Å². The molecule has 0 radical (unpaired) electrons. The maximum Gasteiger partial charge on any atom is 0.263 e. The van der Waals surface area contributed by atoms with Gasteiger partial charge in [0, 0.05) is 0 Å². The highest BCUT2D eigenvalue weighted by Gasteiger charge is 2.43. The molecule has 1 aromatic carbocycles.